The van der Waals surface area contributed by atoms with Crippen molar-refractivity contribution in [3.63, 3.8) is 0 Å². The van der Waals surface area contributed by atoms with Crippen LogP contribution < -0.4 is 10.6 Å². The second-order valence-corrected chi connectivity index (χ2v) is 7.37. The first-order valence-electron chi connectivity index (χ1n) is 7.98. The zero-order valence-electron chi connectivity index (χ0n) is 16.1. The van der Waals surface area contributed by atoms with Crippen molar-refractivity contribution in [1.29, 1.82) is 0 Å². The van der Waals surface area contributed by atoms with Gasteiger partial charge in [0.1, 0.15) is 24.0 Å². The fourth-order valence-electron chi connectivity index (χ4n) is 1.57. The molecule has 8 nitrogen and oxygen atoms in total. The lowest BCUT2D eigenvalue weighted by atomic mass is 10.1. The van der Waals surface area contributed by atoms with Crippen LogP contribution in [0.15, 0.2) is 12.3 Å². The van der Waals surface area contributed by atoms with Crippen LogP contribution >= 0.6 is 0 Å². The van der Waals surface area contributed by atoms with Crippen molar-refractivity contribution in [2.45, 2.75) is 65.2 Å². The first-order chi connectivity index (χ1) is 11.3. The molecular formula is C17H30N2O6. The maximum Gasteiger partial charge on any atom is 0.408 e. The van der Waals surface area contributed by atoms with Crippen LogP contribution in [0.1, 0.15) is 48.0 Å². The summed E-state index contributed by atoms with van der Waals surface area (Å²) in [5, 5.41) is 5.12. The molecule has 0 saturated carbocycles. The standard InChI is InChI=1S/C17H30N2O6/c1-16(2,3)24-14(21)13(19-15(22)25-17(4,5)6)10-12(20)8-9-18-11-23-7/h8-9,13,18H,10-11H2,1-7H3,(H,19,22)/b9-8+. The molecular weight excluding hydrogens is 328 g/mol. The maximum absolute atomic E-state index is 12.3. The molecule has 0 saturated heterocycles. The Labute approximate surface area is 149 Å². The molecule has 0 spiro atoms. The van der Waals surface area contributed by atoms with E-state index in [2.05, 4.69) is 10.6 Å². The summed E-state index contributed by atoms with van der Waals surface area (Å²) in [6.45, 7) is 10.4. The Hall–Kier alpha value is -2.09. The number of hydrogen-bond acceptors (Lipinski definition) is 7. The summed E-state index contributed by atoms with van der Waals surface area (Å²) in [5.74, 6) is -1.07. The zero-order valence-corrected chi connectivity index (χ0v) is 16.1. The molecule has 1 unspecified atom stereocenters. The summed E-state index contributed by atoms with van der Waals surface area (Å²) in [5.41, 5.74) is -1.47. The first-order valence-corrected chi connectivity index (χ1v) is 7.98. The van der Waals surface area contributed by atoms with Gasteiger partial charge < -0.3 is 24.8 Å². The number of alkyl carbamates (subject to hydrolysis) is 1. The predicted octanol–water partition coefficient (Wildman–Crippen LogP) is 1.89. The Morgan fingerprint density at radius 3 is 2.04 bits per heavy atom. The van der Waals surface area contributed by atoms with Gasteiger partial charge >= 0.3 is 12.1 Å². The van der Waals surface area contributed by atoms with Crippen LogP contribution in [0.4, 0.5) is 4.79 Å². The van der Waals surface area contributed by atoms with Gasteiger partial charge in [0.15, 0.2) is 5.78 Å². The molecule has 144 valence electrons. The predicted molar refractivity (Wildman–Crippen MR) is 92.8 cm³/mol. The molecule has 0 aromatic carbocycles. The Bertz CT molecular complexity index is 488. The second kappa shape index (κ2) is 10.0. The van der Waals surface area contributed by atoms with Gasteiger partial charge in [-0.25, -0.2) is 9.59 Å². The number of esters is 1. The van der Waals surface area contributed by atoms with Crippen LogP contribution in [-0.4, -0.2) is 48.9 Å². The minimum absolute atomic E-state index is 0.245. The number of carbonyl (C=O) groups excluding carboxylic acids is 3. The molecule has 0 radical (unpaired) electrons. The fraction of sp³-hybridized carbons (Fsp3) is 0.706. The molecule has 0 heterocycles. The minimum Gasteiger partial charge on any atom is -0.458 e. The third-order valence-electron chi connectivity index (χ3n) is 2.40. The number of hydrogen-bond donors (Lipinski definition) is 2. The van der Waals surface area contributed by atoms with Crippen molar-refractivity contribution >= 4 is 17.8 Å². The van der Waals surface area contributed by atoms with E-state index in [9.17, 15) is 14.4 Å². The summed E-state index contributed by atoms with van der Waals surface area (Å²) >= 11 is 0. The van der Waals surface area contributed by atoms with Crippen molar-refractivity contribution in [2.75, 3.05) is 13.8 Å². The molecule has 8 heteroatoms. The molecule has 0 aliphatic carbocycles. The minimum atomic E-state index is -1.14. The molecule has 0 aromatic rings. The van der Waals surface area contributed by atoms with Gasteiger partial charge in [0.2, 0.25) is 0 Å². The summed E-state index contributed by atoms with van der Waals surface area (Å²) in [4.78, 5) is 36.2. The van der Waals surface area contributed by atoms with Gasteiger partial charge in [0.25, 0.3) is 0 Å². The first kappa shape index (κ1) is 22.9. The van der Waals surface area contributed by atoms with E-state index < -0.39 is 29.3 Å². The van der Waals surface area contributed by atoms with Crippen molar-refractivity contribution in [3.05, 3.63) is 12.3 Å². The summed E-state index contributed by atoms with van der Waals surface area (Å²) in [6, 6.07) is -1.14. The highest BCUT2D eigenvalue weighted by Gasteiger charge is 2.29. The Morgan fingerprint density at radius 2 is 1.56 bits per heavy atom. The molecule has 25 heavy (non-hydrogen) atoms. The monoisotopic (exact) mass is 358 g/mol. The largest absolute Gasteiger partial charge is 0.458 e. The SMILES string of the molecule is COCN/C=C/C(=O)CC(NC(=O)OC(C)(C)C)C(=O)OC(C)(C)C. The van der Waals surface area contributed by atoms with Crippen molar-refractivity contribution in [2.24, 2.45) is 0 Å². The number of methoxy groups -OCH3 is 1. The molecule has 0 bridgehead atoms. The van der Waals surface area contributed by atoms with E-state index in [1.54, 1.807) is 41.5 Å². The van der Waals surface area contributed by atoms with Crippen LogP contribution in [-0.2, 0) is 23.8 Å². The fourth-order valence-corrected chi connectivity index (χ4v) is 1.57. The smallest absolute Gasteiger partial charge is 0.408 e. The quantitative estimate of drug-likeness (QED) is 0.295. The highest BCUT2D eigenvalue weighted by molar-refractivity contribution is 5.94. The Balaban J connectivity index is 4.95. The van der Waals surface area contributed by atoms with E-state index in [1.807, 2.05) is 0 Å². The average Bonchev–Trinajstić information content (AvgIpc) is 2.39. The van der Waals surface area contributed by atoms with E-state index in [-0.39, 0.29) is 18.9 Å². The van der Waals surface area contributed by atoms with E-state index in [0.717, 1.165) is 0 Å². The van der Waals surface area contributed by atoms with Gasteiger partial charge in [-0.3, -0.25) is 4.79 Å². The van der Waals surface area contributed by atoms with Gasteiger partial charge in [0, 0.05) is 19.7 Å². The van der Waals surface area contributed by atoms with E-state index in [0.29, 0.717) is 0 Å². The van der Waals surface area contributed by atoms with Crippen molar-refractivity contribution in [3.8, 4) is 0 Å². The maximum atomic E-state index is 12.3. The van der Waals surface area contributed by atoms with E-state index in [1.165, 1.54) is 19.4 Å². The highest BCUT2D eigenvalue weighted by atomic mass is 16.6. The number of allylic oxidation sites excluding steroid dienone is 1. The molecule has 0 aliphatic rings. The second-order valence-electron chi connectivity index (χ2n) is 7.37. The zero-order chi connectivity index (χ0) is 19.7. The number of ether oxygens (including phenoxy) is 3. The van der Waals surface area contributed by atoms with Crippen LogP contribution in [0.2, 0.25) is 0 Å². The number of nitrogens with one attached hydrogen (secondary N) is 2. The lowest BCUT2D eigenvalue weighted by Gasteiger charge is -2.25. The van der Waals surface area contributed by atoms with Crippen LogP contribution in [0.3, 0.4) is 0 Å². The van der Waals surface area contributed by atoms with Crippen molar-refractivity contribution in [1.82, 2.24) is 10.6 Å². The molecule has 1 amide bonds. The molecule has 0 aliphatic heterocycles. The third kappa shape index (κ3) is 12.9. The van der Waals surface area contributed by atoms with Gasteiger partial charge in [-0.05, 0) is 47.6 Å². The number of ketones is 1. The van der Waals surface area contributed by atoms with E-state index >= 15 is 0 Å². The van der Waals surface area contributed by atoms with Gasteiger partial charge in [-0.2, -0.15) is 0 Å². The number of carbonyl (C=O) groups is 3. The van der Waals surface area contributed by atoms with Gasteiger partial charge in [-0.15, -0.1) is 0 Å². The van der Waals surface area contributed by atoms with Crippen LogP contribution in [0.5, 0.6) is 0 Å². The summed E-state index contributed by atoms with van der Waals surface area (Å²) in [6.07, 6.45) is 1.62. The highest BCUT2D eigenvalue weighted by Crippen LogP contribution is 2.12. The lowest BCUT2D eigenvalue weighted by molar-refractivity contribution is -0.158. The lowest BCUT2D eigenvalue weighted by Crippen LogP contribution is -2.46. The topological polar surface area (TPSA) is 103 Å². The molecule has 1 atom stereocenters. The van der Waals surface area contributed by atoms with Crippen LogP contribution in [0.25, 0.3) is 0 Å². The molecule has 2 N–H and O–H groups in total. The van der Waals surface area contributed by atoms with E-state index in [4.69, 9.17) is 14.2 Å². The number of amides is 1. The Kier molecular flexibility index (Phi) is 9.19. The van der Waals surface area contributed by atoms with Crippen molar-refractivity contribution < 1.29 is 28.6 Å². The Morgan fingerprint density at radius 1 is 1.00 bits per heavy atom. The molecule has 0 fully saturated rings. The van der Waals surface area contributed by atoms with Gasteiger partial charge in [0.05, 0.1) is 0 Å². The van der Waals surface area contributed by atoms with Gasteiger partial charge in [-0.1, -0.05) is 0 Å². The third-order valence-corrected chi connectivity index (χ3v) is 2.40. The normalized spacial score (nSPS) is 13.2. The molecule has 0 rings (SSSR count). The van der Waals surface area contributed by atoms with Crippen LogP contribution in [0, 0.1) is 0 Å². The molecule has 0 aromatic heterocycles. The average molecular weight is 358 g/mol. The summed E-state index contributed by atoms with van der Waals surface area (Å²) < 4.78 is 15.2. The number of rotatable bonds is 8. The summed E-state index contributed by atoms with van der Waals surface area (Å²) in [7, 11) is 1.51.